The second kappa shape index (κ2) is 15.5. The number of ketones is 1. The van der Waals surface area contributed by atoms with Gasteiger partial charge in [-0.25, -0.2) is 4.79 Å². The van der Waals surface area contributed by atoms with Crippen molar-refractivity contribution in [2.75, 3.05) is 27.2 Å². The minimum absolute atomic E-state index is 0.0446. The molecule has 5 unspecified atom stereocenters. The van der Waals surface area contributed by atoms with Crippen LogP contribution in [0.1, 0.15) is 85.3 Å². The van der Waals surface area contributed by atoms with E-state index in [1.54, 1.807) is 44.4 Å². The third-order valence-corrected chi connectivity index (χ3v) is 11.4. The van der Waals surface area contributed by atoms with E-state index >= 15 is 0 Å². The van der Waals surface area contributed by atoms with Gasteiger partial charge in [0.05, 0.1) is 12.6 Å². The maximum absolute atomic E-state index is 14.2. The smallest absolute Gasteiger partial charge is 0.408 e. The van der Waals surface area contributed by atoms with Crippen molar-refractivity contribution in [2.24, 2.45) is 34.5 Å². The maximum atomic E-state index is 14.2. The lowest BCUT2D eigenvalue weighted by Crippen LogP contribution is -2.60. The molecule has 3 aliphatic carbocycles. The van der Waals surface area contributed by atoms with Gasteiger partial charge < -0.3 is 35.8 Å². The highest BCUT2D eigenvalue weighted by Crippen LogP contribution is 2.65. The van der Waals surface area contributed by atoms with Crippen molar-refractivity contribution in [3.63, 3.8) is 0 Å². The summed E-state index contributed by atoms with van der Waals surface area (Å²) in [7, 11) is 3.13. The molecule has 4 N–H and O–H groups in total. The number of hydrogen-bond donors (Lipinski definition) is 4. The van der Waals surface area contributed by atoms with Crippen molar-refractivity contribution in [2.45, 2.75) is 104 Å². The van der Waals surface area contributed by atoms with E-state index in [1.165, 1.54) is 9.80 Å². The molecule has 0 aromatic heterocycles. The Balaban J connectivity index is 1.25. The minimum atomic E-state index is -1.17. The second-order valence-electron chi connectivity index (χ2n) is 17.2. The molecule has 1 saturated heterocycles. The lowest BCUT2D eigenvalue weighted by molar-refractivity contribution is -0.145. The summed E-state index contributed by atoms with van der Waals surface area (Å²) >= 11 is 0. The van der Waals surface area contributed by atoms with E-state index in [4.69, 9.17) is 4.74 Å². The highest BCUT2D eigenvalue weighted by Gasteiger charge is 2.70. The van der Waals surface area contributed by atoms with Gasteiger partial charge in [-0.1, -0.05) is 77.8 Å². The van der Waals surface area contributed by atoms with Gasteiger partial charge in [0.2, 0.25) is 29.4 Å². The van der Waals surface area contributed by atoms with Crippen molar-refractivity contribution >= 4 is 41.4 Å². The van der Waals surface area contributed by atoms with E-state index < -0.39 is 71.6 Å². The monoisotopic (exact) mass is 736 g/mol. The van der Waals surface area contributed by atoms with E-state index in [0.717, 1.165) is 25.7 Å². The third-order valence-electron chi connectivity index (χ3n) is 11.4. The van der Waals surface area contributed by atoms with Crippen LogP contribution in [-0.2, 0) is 33.5 Å². The lowest BCUT2D eigenvalue weighted by atomic mass is 9.85. The number of piperidine rings is 1. The van der Waals surface area contributed by atoms with E-state index in [-0.39, 0.29) is 41.6 Å². The standard InChI is InChI=1S/C39H56N6O8/c1-21(23-16-17-23)53-37(52)43-32(38(2,3)4)36(51)45-20-25-28(39(25,5)6)30(45)33(48)41-26(18-22-14-15-22)31(47)34(49)40-19-27(46)42-29(35(50)44(7)8)24-12-10-9-11-13-24/h9-13,21-23,25-26,28-30,32H,14-20H2,1-8H3,(H,40,49)(H,41,48)(H,42,46)(H,43,52)/t21?,25?,26?,28?,29-,30?,32+/m0/s1. The molecule has 290 valence electrons. The quantitative estimate of drug-likeness (QED) is 0.198. The predicted molar refractivity (Wildman–Crippen MR) is 195 cm³/mol. The first-order valence-corrected chi connectivity index (χ1v) is 18.8. The van der Waals surface area contributed by atoms with Gasteiger partial charge in [0, 0.05) is 20.6 Å². The summed E-state index contributed by atoms with van der Waals surface area (Å²) in [6.45, 7) is 11.2. The Labute approximate surface area is 311 Å². The van der Waals surface area contributed by atoms with Gasteiger partial charge in [-0.15, -0.1) is 0 Å². The summed E-state index contributed by atoms with van der Waals surface area (Å²) in [4.78, 5) is 96.7. The minimum Gasteiger partial charge on any atom is -0.446 e. The van der Waals surface area contributed by atoms with E-state index in [2.05, 4.69) is 21.3 Å². The summed E-state index contributed by atoms with van der Waals surface area (Å²) in [6, 6.07) is 4.61. The molecule has 4 fully saturated rings. The van der Waals surface area contributed by atoms with E-state index in [0.29, 0.717) is 18.0 Å². The molecule has 0 bridgehead atoms. The normalized spacial score (nSPS) is 23.6. The average molecular weight is 737 g/mol. The van der Waals surface area contributed by atoms with Crippen LogP contribution in [0.15, 0.2) is 30.3 Å². The number of nitrogens with one attached hydrogen (secondary N) is 4. The van der Waals surface area contributed by atoms with Gasteiger partial charge in [0.1, 0.15) is 24.2 Å². The van der Waals surface area contributed by atoms with Crippen LogP contribution in [0.4, 0.5) is 4.79 Å². The highest BCUT2D eigenvalue weighted by molar-refractivity contribution is 6.38. The van der Waals surface area contributed by atoms with Gasteiger partial charge in [-0.05, 0) is 66.3 Å². The zero-order valence-electron chi connectivity index (χ0n) is 32.2. The lowest BCUT2D eigenvalue weighted by Gasteiger charge is -2.37. The number of amides is 6. The molecule has 14 nitrogen and oxygen atoms in total. The van der Waals surface area contributed by atoms with E-state index in [9.17, 15) is 33.6 Å². The third kappa shape index (κ3) is 9.36. The van der Waals surface area contributed by atoms with Crippen LogP contribution >= 0.6 is 0 Å². The number of ether oxygens (including phenoxy) is 1. The Morgan fingerprint density at radius 3 is 2.15 bits per heavy atom. The molecule has 5 rings (SSSR count). The fourth-order valence-corrected chi connectivity index (χ4v) is 7.60. The molecule has 7 atom stereocenters. The highest BCUT2D eigenvalue weighted by atomic mass is 16.6. The summed E-state index contributed by atoms with van der Waals surface area (Å²) in [5.74, 6) is -3.59. The number of alkyl carbamates (subject to hydrolysis) is 1. The Kier molecular flexibility index (Phi) is 11.6. The molecule has 4 aliphatic rings. The van der Waals surface area contributed by atoms with Crippen molar-refractivity contribution in [1.82, 2.24) is 31.1 Å². The van der Waals surface area contributed by atoms with Crippen LogP contribution in [0.2, 0.25) is 0 Å². The van der Waals surface area contributed by atoms with Gasteiger partial charge >= 0.3 is 6.09 Å². The number of benzene rings is 1. The van der Waals surface area contributed by atoms with Crippen LogP contribution < -0.4 is 21.3 Å². The number of likely N-dealkylation sites (tertiary alicyclic amines) is 1. The molecule has 6 amide bonds. The molecule has 0 radical (unpaired) electrons. The Hall–Kier alpha value is -4.49. The zero-order chi connectivity index (χ0) is 39.0. The fraction of sp³-hybridized carbons (Fsp3) is 0.667. The predicted octanol–water partition coefficient (Wildman–Crippen LogP) is 2.32. The van der Waals surface area contributed by atoms with Crippen LogP contribution in [0.5, 0.6) is 0 Å². The van der Waals surface area contributed by atoms with Crippen LogP contribution in [0.25, 0.3) is 0 Å². The summed E-state index contributed by atoms with van der Waals surface area (Å²) < 4.78 is 5.57. The number of nitrogens with zero attached hydrogens (tertiary/aromatic N) is 2. The van der Waals surface area contributed by atoms with Gasteiger partial charge in [0.15, 0.2) is 0 Å². The Bertz CT molecular complexity index is 1600. The number of rotatable bonds is 15. The number of likely N-dealkylation sites (N-methyl/N-ethyl adjacent to an activating group) is 1. The molecule has 14 heteroatoms. The van der Waals surface area contributed by atoms with Gasteiger partial charge in [-0.2, -0.15) is 0 Å². The van der Waals surface area contributed by atoms with Gasteiger partial charge in [0.25, 0.3) is 5.91 Å². The zero-order valence-corrected chi connectivity index (χ0v) is 32.2. The molecule has 1 heterocycles. The summed E-state index contributed by atoms with van der Waals surface area (Å²) in [6.07, 6.45) is 2.99. The molecular weight excluding hydrogens is 680 g/mol. The number of fused-ring (bicyclic) bond motifs is 1. The topological polar surface area (TPSA) is 183 Å². The second-order valence-corrected chi connectivity index (χ2v) is 17.2. The molecule has 1 aliphatic heterocycles. The fourth-order valence-electron chi connectivity index (χ4n) is 7.60. The Morgan fingerprint density at radius 1 is 0.943 bits per heavy atom. The summed E-state index contributed by atoms with van der Waals surface area (Å²) in [5.41, 5.74) is -0.380. The van der Waals surface area contributed by atoms with Crippen LogP contribution in [0, 0.1) is 34.5 Å². The first-order chi connectivity index (χ1) is 24.8. The molecule has 3 saturated carbocycles. The SMILES string of the molecule is CC(OC(=O)N[C@H](C(=O)N1CC2C(C1C(=O)NC(CC1CC1)C(=O)C(=O)NCC(=O)N[C@H](C(=O)N(C)C)c1ccccc1)C2(C)C)C(C)(C)C)C1CC1. The van der Waals surface area contributed by atoms with Gasteiger partial charge in [-0.3, -0.25) is 28.8 Å². The van der Waals surface area contributed by atoms with Crippen LogP contribution in [-0.4, -0.2) is 103 Å². The van der Waals surface area contributed by atoms with Crippen molar-refractivity contribution in [1.29, 1.82) is 0 Å². The average Bonchev–Trinajstić information content (AvgIpc) is 4.05. The molecule has 53 heavy (non-hydrogen) atoms. The first-order valence-electron chi connectivity index (χ1n) is 18.8. The molecular formula is C39H56N6O8. The van der Waals surface area contributed by atoms with Crippen LogP contribution in [0.3, 0.4) is 0 Å². The number of carbonyl (C=O) groups is 7. The largest absolute Gasteiger partial charge is 0.446 e. The maximum Gasteiger partial charge on any atom is 0.408 e. The number of carbonyl (C=O) groups excluding carboxylic acids is 7. The number of hydrogen-bond acceptors (Lipinski definition) is 8. The van der Waals surface area contributed by atoms with Crippen molar-refractivity contribution < 1.29 is 38.3 Å². The Morgan fingerprint density at radius 2 is 1.58 bits per heavy atom. The summed E-state index contributed by atoms with van der Waals surface area (Å²) in [5, 5.41) is 10.6. The first kappa shape index (κ1) is 39.7. The van der Waals surface area contributed by atoms with E-state index in [1.807, 2.05) is 41.5 Å². The molecule has 1 aromatic carbocycles. The number of Topliss-reactive ketones (excluding diaryl/α,β-unsaturated/α-hetero) is 1. The van der Waals surface area contributed by atoms with Crippen molar-refractivity contribution in [3.05, 3.63) is 35.9 Å². The molecule has 1 aromatic rings. The van der Waals surface area contributed by atoms with Crippen molar-refractivity contribution in [3.8, 4) is 0 Å². The molecule has 0 spiro atoms.